The predicted octanol–water partition coefficient (Wildman–Crippen LogP) is 1.45. The molecule has 0 saturated heterocycles. The molecule has 2 aromatic rings. The molecule has 110 valence electrons. The number of nitrogens with zero attached hydrogens (tertiary/aromatic N) is 3. The maximum atomic E-state index is 11.6. The maximum Gasteiger partial charge on any atom is 0.338 e. The van der Waals surface area contributed by atoms with E-state index in [1.807, 2.05) is 6.92 Å². The lowest BCUT2D eigenvalue weighted by atomic mass is 10.1. The Bertz CT molecular complexity index is 692. The number of methoxy groups -OCH3 is 2. The third kappa shape index (κ3) is 3.38. The molecule has 7 heteroatoms. The molecule has 0 aliphatic heterocycles. The van der Waals surface area contributed by atoms with E-state index in [0.717, 1.165) is 5.69 Å². The Kier molecular flexibility index (Phi) is 4.22. The fourth-order valence-electron chi connectivity index (χ4n) is 1.78. The number of anilines is 1. The number of imidazole rings is 1. The first kappa shape index (κ1) is 14.6. The first-order chi connectivity index (χ1) is 10.0. The standard InChI is InChI=1S/C14H16N4O3/c1-9-8-18(14(15)17-9)16-7-10-4-11(13(19)21-3)6-12(5-10)20-2/h4-8H,1-3H3,(H2,15,17). The molecule has 0 unspecified atom stereocenters. The second-order valence-electron chi connectivity index (χ2n) is 4.32. The summed E-state index contributed by atoms with van der Waals surface area (Å²) in [5.74, 6) is 0.385. The third-order valence-corrected chi connectivity index (χ3v) is 2.75. The second-order valence-corrected chi connectivity index (χ2v) is 4.32. The highest BCUT2D eigenvalue weighted by molar-refractivity contribution is 5.93. The lowest BCUT2D eigenvalue weighted by molar-refractivity contribution is 0.0600. The zero-order valence-corrected chi connectivity index (χ0v) is 12.0. The third-order valence-electron chi connectivity index (χ3n) is 2.75. The van der Waals surface area contributed by atoms with Gasteiger partial charge in [0.25, 0.3) is 0 Å². The topological polar surface area (TPSA) is 91.7 Å². The molecule has 0 aliphatic carbocycles. The summed E-state index contributed by atoms with van der Waals surface area (Å²) >= 11 is 0. The molecule has 2 rings (SSSR count). The Labute approximate surface area is 122 Å². The molecule has 7 nitrogen and oxygen atoms in total. The summed E-state index contributed by atoms with van der Waals surface area (Å²) in [5.41, 5.74) is 7.53. The van der Waals surface area contributed by atoms with Crippen molar-refractivity contribution in [1.29, 1.82) is 0 Å². The molecule has 2 N–H and O–H groups in total. The van der Waals surface area contributed by atoms with Crippen LogP contribution in [0.1, 0.15) is 21.6 Å². The lowest BCUT2D eigenvalue weighted by Gasteiger charge is -2.05. The van der Waals surface area contributed by atoms with Crippen LogP contribution in [0.2, 0.25) is 0 Å². The highest BCUT2D eigenvalue weighted by atomic mass is 16.5. The average Bonchev–Trinajstić information content (AvgIpc) is 2.81. The smallest absolute Gasteiger partial charge is 0.338 e. The van der Waals surface area contributed by atoms with E-state index in [4.69, 9.17) is 15.2 Å². The lowest BCUT2D eigenvalue weighted by Crippen LogP contribution is -2.03. The van der Waals surface area contributed by atoms with Crippen LogP contribution in [0.3, 0.4) is 0 Å². The van der Waals surface area contributed by atoms with Gasteiger partial charge in [0.15, 0.2) is 0 Å². The first-order valence-corrected chi connectivity index (χ1v) is 6.16. The first-order valence-electron chi connectivity index (χ1n) is 6.16. The van der Waals surface area contributed by atoms with Crippen molar-refractivity contribution in [1.82, 2.24) is 9.66 Å². The van der Waals surface area contributed by atoms with Crippen molar-refractivity contribution >= 4 is 18.1 Å². The molecule has 1 heterocycles. The van der Waals surface area contributed by atoms with Gasteiger partial charge in [-0.15, -0.1) is 0 Å². The zero-order valence-electron chi connectivity index (χ0n) is 12.0. The number of rotatable bonds is 4. The molecule has 0 atom stereocenters. The van der Waals surface area contributed by atoms with Crippen LogP contribution < -0.4 is 10.5 Å². The number of hydrogen-bond acceptors (Lipinski definition) is 6. The van der Waals surface area contributed by atoms with Crippen LogP contribution in [0.4, 0.5) is 5.95 Å². The molecule has 0 aliphatic rings. The number of hydrogen-bond donors (Lipinski definition) is 1. The molecule has 21 heavy (non-hydrogen) atoms. The van der Waals surface area contributed by atoms with Gasteiger partial charge in [-0.25, -0.2) is 14.5 Å². The Morgan fingerprint density at radius 3 is 2.71 bits per heavy atom. The van der Waals surface area contributed by atoms with Crippen LogP contribution in [0, 0.1) is 6.92 Å². The summed E-state index contributed by atoms with van der Waals surface area (Å²) in [6, 6.07) is 4.99. The molecule has 0 radical (unpaired) electrons. The average molecular weight is 288 g/mol. The predicted molar refractivity (Wildman–Crippen MR) is 78.7 cm³/mol. The van der Waals surface area contributed by atoms with E-state index in [9.17, 15) is 4.79 Å². The van der Waals surface area contributed by atoms with E-state index in [1.54, 1.807) is 30.6 Å². The van der Waals surface area contributed by atoms with Crippen molar-refractivity contribution in [2.24, 2.45) is 5.10 Å². The van der Waals surface area contributed by atoms with E-state index >= 15 is 0 Å². The van der Waals surface area contributed by atoms with Gasteiger partial charge in [0.1, 0.15) is 5.75 Å². The Balaban J connectivity index is 2.34. The van der Waals surface area contributed by atoms with Gasteiger partial charge in [-0.1, -0.05) is 0 Å². The summed E-state index contributed by atoms with van der Waals surface area (Å²) in [7, 11) is 2.85. The molecule has 0 saturated carbocycles. The molecular formula is C14H16N4O3. The molecule has 0 amide bonds. The van der Waals surface area contributed by atoms with Gasteiger partial charge >= 0.3 is 5.97 Å². The van der Waals surface area contributed by atoms with Crippen molar-refractivity contribution in [3.8, 4) is 5.75 Å². The Hall–Kier alpha value is -2.83. The minimum Gasteiger partial charge on any atom is -0.497 e. The minimum atomic E-state index is -0.443. The second kappa shape index (κ2) is 6.08. The van der Waals surface area contributed by atoms with E-state index in [-0.39, 0.29) is 0 Å². The van der Waals surface area contributed by atoms with E-state index in [1.165, 1.54) is 18.9 Å². The van der Waals surface area contributed by atoms with Gasteiger partial charge in [0.05, 0.1) is 37.9 Å². The summed E-state index contributed by atoms with van der Waals surface area (Å²) in [6.45, 7) is 1.82. The summed E-state index contributed by atoms with van der Waals surface area (Å²) in [6.07, 6.45) is 3.26. The molecule has 1 aromatic carbocycles. The van der Waals surface area contributed by atoms with Crippen LogP contribution in [-0.2, 0) is 4.74 Å². The van der Waals surface area contributed by atoms with Crippen molar-refractivity contribution in [3.05, 3.63) is 41.2 Å². The minimum absolute atomic E-state index is 0.292. The SMILES string of the molecule is COC(=O)c1cc(C=Nn2cc(C)nc2N)cc(OC)c1. The van der Waals surface area contributed by atoms with Gasteiger partial charge in [-0.2, -0.15) is 5.10 Å². The van der Waals surface area contributed by atoms with Crippen LogP contribution in [0.5, 0.6) is 5.75 Å². The molecule has 0 spiro atoms. The quantitative estimate of drug-likeness (QED) is 0.679. The fraction of sp³-hybridized carbons (Fsp3) is 0.214. The Morgan fingerprint density at radius 2 is 2.14 bits per heavy atom. The molecule has 1 aromatic heterocycles. The number of nitrogen functional groups attached to an aromatic ring is 1. The monoisotopic (exact) mass is 288 g/mol. The van der Waals surface area contributed by atoms with Gasteiger partial charge in [0, 0.05) is 0 Å². The molecule has 0 fully saturated rings. The molecule has 0 bridgehead atoms. The normalized spacial score (nSPS) is 10.8. The number of aryl methyl sites for hydroxylation is 1. The Morgan fingerprint density at radius 1 is 1.38 bits per heavy atom. The largest absolute Gasteiger partial charge is 0.497 e. The van der Waals surface area contributed by atoms with Gasteiger partial charge in [0.2, 0.25) is 5.95 Å². The number of benzene rings is 1. The maximum absolute atomic E-state index is 11.6. The molecular weight excluding hydrogens is 272 g/mol. The number of carbonyl (C=O) groups excluding carboxylic acids is 1. The van der Waals surface area contributed by atoms with E-state index < -0.39 is 5.97 Å². The van der Waals surface area contributed by atoms with Crippen molar-refractivity contribution in [2.75, 3.05) is 20.0 Å². The number of esters is 1. The number of aromatic nitrogens is 2. The van der Waals surface area contributed by atoms with Crippen LogP contribution >= 0.6 is 0 Å². The highest BCUT2D eigenvalue weighted by Crippen LogP contribution is 2.17. The number of nitrogens with two attached hydrogens (primary N) is 1. The fourth-order valence-corrected chi connectivity index (χ4v) is 1.78. The van der Waals surface area contributed by atoms with Crippen molar-refractivity contribution in [3.63, 3.8) is 0 Å². The highest BCUT2D eigenvalue weighted by Gasteiger charge is 2.08. The van der Waals surface area contributed by atoms with E-state index in [2.05, 4.69) is 10.1 Å². The van der Waals surface area contributed by atoms with Gasteiger partial charge in [-0.05, 0) is 30.7 Å². The number of ether oxygens (including phenoxy) is 2. The van der Waals surface area contributed by atoms with E-state index in [0.29, 0.717) is 22.8 Å². The van der Waals surface area contributed by atoms with Crippen molar-refractivity contribution < 1.29 is 14.3 Å². The van der Waals surface area contributed by atoms with Crippen LogP contribution in [0.25, 0.3) is 0 Å². The van der Waals surface area contributed by atoms with Gasteiger partial charge in [-0.3, -0.25) is 0 Å². The summed E-state index contributed by atoms with van der Waals surface area (Å²) in [5, 5.41) is 4.20. The summed E-state index contributed by atoms with van der Waals surface area (Å²) < 4.78 is 11.3. The van der Waals surface area contributed by atoms with Gasteiger partial charge < -0.3 is 15.2 Å². The summed E-state index contributed by atoms with van der Waals surface area (Å²) in [4.78, 5) is 15.7. The number of carbonyl (C=O) groups is 1. The van der Waals surface area contributed by atoms with Crippen molar-refractivity contribution in [2.45, 2.75) is 6.92 Å². The zero-order chi connectivity index (χ0) is 15.4. The van der Waals surface area contributed by atoms with Crippen LogP contribution in [0.15, 0.2) is 29.5 Å². The van der Waals surface area contributed by atoms with Crippen LogP contribution in [-0.4, -0.2) is 36.1 Å².